The molecule has 0 bridgehead atoms. The summed E-state index contributed by atoms with van der Waals surface area (Å²) in [5.41, 5.74) is 5.59. The van der Waals surface area contributed by atoms with Gasteiger partial charge >= 0.3 is 0 Å². The Morgan fingerprint density at radius 2 is 1.97 bits per heavy atom. The van der Waals surface area contributed by atoms with Gasteiger partial charge in [-0.1, -0.05) is 24.6 Å². The minimum Gasteiger partial charge on any atom is -0.351 e. The highest BCUT2D eigenvalue weighted by Crippen LogP contribution is 2.26. The van der Waals surface area contributed by atoms with Crippen LogP contribution in [-0.2, 0) is 13.0 Å². The van der Waals surface area contributed by atoms with E-state index < -0.39 is 0 Å². The van der Waals surface area contributed by atoms with Gasteiger partial charge in [0.05, 0.1) is 0 Å². The van der Waals surface area contributed by atoms with E-state index in [1.54, 1.807) is 0 Å². The fourth-order valence-corrected chi connectivity index (χ4v) is 4.35. The first kappa shape index (κ1) is 18.6. The van der Waals surface area contributed by atoms with E-state index in [1.807, 2.05) is 30.3 Å². The lowest BCUT2D eigenvalue weighted by Gasteiger charge is -2.09. The Morgan fingerprint density at radius 1 is 1.07 bits per heavy atom. The zero-order chi connectivity index (χ0) is 20.7. The van der Waals surface area contributed by atoms with Gasteiger partial charge in [0.2, 0.25) is 0 Å². The Bertz CT molecular complexity index is 1250. The molecule has 2 aromatic carbocycles. The molecule has 152 valence electrons. The van der Waals surface area contributed by atoms with Gasteiger partial charge in [0.15, 0.2) is 5.82 Å². The molecule has 0 spiro atoms. The number of aromatic nitrogens is 4. The van der Waals surface area contributed by atoms with Gasteiger partial charge in [0, 0.05) is 35.1 Å². The molecule has 30 heavy (non-hydrogen) atoms. The zero-order valence-corrected chi connectivity index (χ0v) is 17.3. The monoisotopic (exact) mass is 399 g/mol. The molecule has 3 heterocycles. The molecule has 1 aliphatic heterocycles. The van der Waals surface area contributed by atoms with Gasteiger partial charge in [-0.05, 0) is 62.1 Å². The van der Waals surface area contributed by atoms with E-state index >= 15 is 0 Å². The van der Waals surface area contributed by atoms with Gasteiger partial charge in [0.25, 0.3) is 5.91 Å². The number of rotatable bonds is 3. The molecule has 0 fully saturated rings. The third-order valence-corrected chi connectivity index (χ3v) is 5.82. The maximum atomic E-state index is 12.9. The first-order chi connectivity index (χ1) is 14.6. The second kappa shape index (κ2) is 7.44. The molecule has 5 rings (SSSR count). The summed E-state index contributed by atoms with van der Waals surface area (Å²) in [5.74, 6) is 1.78. The Morgan fingerprint density at radius 3 is 2.87 bits per heavy atom. The number of amides is 1. The molecule has 6 heteroatoms. The van der Waals surface area contributed by atoms with Crippen molar-refractivity contribution in [2.75, 3.05) is 5.32 Å². The average molecular weight is 399 g/mol. The minimum absolute atomic E-state index is 0.152. The summed E-state index contributed by atoms with van der Waals surface area (Å²) in [5, 5.41) is 12.9. The van der Waals surface area contributed by atoms with Crippen LogP contribution in [0.4, 0.5) is 5.69 Å². The standard InChI is InChI=1S/C24H25N5O/c1-15-11-16(2)19-14-21(26-20(19)12-15)24(30)25-18-8-6-7-17(13-18)23-28-27-22-9-4-3-5-10-29(22)23/h6-8,11-14,26H,3-5,9-10H2,1-2H3,(H,25,30). The van der Waals surface area contributed by atoms with E-state index in [-0.39, 0.29) is 5.91 Å². The summed E-state index contributed by atoms with van der Waals surface area (Å²) >= 11 is 0. The van der Waals surface area contributed by atoms with Crippen LogP contribution in [0.25, 0.3) is 22.3 Å². The molecule has 6 nitrogen and oxygen atoms in total. The van der Waals surface area contributed by atoms with E-state index in [1.165, 1.54) is 12.0 Å². The normalized spacial score (nSPS) is 13.8. The number of hydrogen-bond donors (Lipinski definition) is 2. The lowest BCUT2D eigenvalue weighted by atomic mass is 10.1. The molecular formula is C24H25N5O. The summed E-state index contributed by atoms with van der Waals surface area (Å²) in [6.07, 6.45) is 4.51. The van der Waals surface area contributed by atoms with Crippen molar-refractivity contribution < 1.29 is 4.79 Å². The van der Waals surface area contributed by atoms with E-state index in [9.17, 15) is 4.79 Å². The summed E-state index contributed by atoms with van der Waals surface area (Å²) in [4.78, 5) is 16.1. The van der Waals surface area contributed by atoms with Gasteiger partial charge in [0.1, 0.15) is 11.5 Å². The number of nitrogens with zero attached hydrogens (tertiary/aromatic N) is 3. The highest BCUT2D eigenvalue weighted by Gasteiger charge is 2.17. The van der Waals surface area contributed by atoms with Gasteiger partial charge in [-0.25, -0.2) is 0 Å². The largest absolute Gasteiger partial charge is 0.351 e. The number of benzene rings is 2. The Hall–Kier alpha value is -3.41. The van der Waals surface area contributed by atoms with Crippen molar-refractivity contribution >= 4 is 22.5 Å². The predicted octanol–water partition coefficient (Wildman–Crippen LogP) is 5.02. The highest BCUT2D eigenvalue weighted by molar-refractivity contribution is 6.06. The average Bonchev–Trinajstić information content (AvgIpc) is 3.26. The quantitative estimate of drug-likeness (QED) is 0.508. The van der Waals surface area contributed by atoms with Crippen LogP contribution >= 0.6 is 0 Å². The molecule has 2 N–H and O–H groups in total. The van der Waals surface area contributed by atoms with Crippen LogP contribution in [0.5, 0.6) is 0 Å². The van der Waals surface area contributed by atoms with E-state index in [2.05, 4.69) is 51.0 Å². The fourth-order valence-electron chi connectivity index (χ4n) is 4.35. The lowest BCUT2D eigenvalue weighted by Crippen LogP contribution is -2.12. The van der Waals surface area contributed by atoms with Crippen LogP contribution < -0.4 is 5.32 Å². The first-order valence-corrected chi connectivity index (χ1v) is 10.5. The van der Waals surface area contributed by atoms with Crippen molar-refractivity contribution in [3.63, 3.8) is 0 Å². The molecule has 0 unspecified atom stereocenters. The maximum Gasteiger partial charge on any atom is 0.272 e. The third-order valence-electron chi connectivity index (χ3n) is 5.82. The van der Waals surface area contributed by atoms with Crippen LogP contribution in [0.2, 0.25) is 0 Å². The van der Waals surface area contributed by atoms with Crippen LogP contribution in [0.15, 0.2) is 42.5 Å². The van der Waals surface area contributed by atoms with Crippen molar-refractivity contribution in [3.8, 4) is 11.4 Å². The molecule has 4 aromatic rings. The highest BCUT2D eigenvalue weighted by atomic mass is 16.1. The van der Waals surface area contributed by atoms with E-state index in [0.717, 1.165) is 65.2 Å². The van der Waals surface area contributed by atoms with Crippen molar-refractivity contribution in [1.29, 1.82) is 0 Å². The summed E-state index contributed by atoms with van der Waals surface area (Å²) < 4.78 is 2.22. The number of hydrogen-bond acceptors (Lipinski definition) is 3. The summed E-state index contributed by atoms with van der Waals surface area (Å²) in [6, 6.07) is 14.0. The second-order valence-corrected chi connectivity index (χ2v) is 8.16. The van der Waals surface area contributed by atoms with Gasteiger partial charge in [-0.15, -0.1) is 10.2 Å². The van der Waals surface area contributed by atoms with Crippen LogP contribution in [0.1, 0.15) is 46.7 Å². The Kier molecular flexibility index (Phi) is 4.62. The zero-order valence-electron chi connectivity index (χ0n) is 17.3. The summed E-state index contributed by atoms with van der Waals surface area (Å²) in [7, 11) is 0. The molecule has 1 amide bonds. The molecule has 2 aromatic heterocycles. The number of anilines is 1. The minimum atomic E-state index is -0.152. The second-order valence-electron chi connectivity index (χ2n) is 8.16. The van der Waals surface area contributed by atoms with E-state index in [0.29, 0.717) is 5.69 Å². The molecular weight excluding hydrogens is 374 g/mol. The molecule has 0 atom stereocenters. The number of carbonyl (C=O) groups excluding carboxylic acids is 1. The smallest absolute Gasteiger partial charge is 0.272 e. The molecule has 0 aliphatic carbocycles. The van der Waals surface area contributed by atoms with Crippen molar-refractivity contribution in [3.05, 3.63) is 65.1 Å². The topological polar surface area (TPSA) is 75.6 Å². The van der Waals surface area contributed by atoms with Crippen LogP contribution in [0, 0.1) is 13.8 Å². The Balaban J connectivity index is 1.42. The van der Waals surface area contributed by atoms with E-state index in [4.69, 9.17) is 0 Å². The fraction of sp³-hybridized carbons (Fsp3) is 0.292. The van der Waals surface area contributed by atoms with Crippen molar-refractivity contribution in [2.45, 2.75) is 46.1 Å². The predicted molar refractivity (Wildman–Crippen MR) is 119 cm³/mol. The molecule has 0 saturated carbocycles. The van der Waals surface area contributed by atoms with Crippen molar-refractivity contribution in [1.82, 2.24) is 19.7 Å². The number of aryl methyl sites for hydroxylation is 3. The summed E-state index contributed by atoms with van der Waals surface area (Å²) in [6.45, 7) is 5.07. The molecule has 0 saturated heterocycles. The van der Waals surface area contributed by atoms with Gasteiger partial charge < -0.3 is 14.9 Å². The number of nitrogens with one attached hydrogen (secondary N) is 2. The number of H-pyrrole nitrogens is 1. The van der Waals surface area contributed by atoms with Crippen LogP contribution in [0.3, 0.4) is 0 Å². The third kappa shape index (κ3) is 3.38. The van der Waals surface area contributed by atoms with Crippen LogP contribution in [-0.4, -0.2) is 25.7 Å². The Labute approximate surface area is 175 Å². The van der Waals surface area contributed by atoms with Crippen molar-refractivity contribution in [2.24, 2.45) is 0 Å². The number of aromatic amines is 1. The number of carbonyl (C=O) groups is 1. The lowest BCUT2D eigenvalue weighted by molar-refractivity contribution is 0.102. The molecule has 0 radical (unpaired) electrons. The first-order valence-electron chi connectivity index (χ1n) is 10.5. The molecule has 1 aliphatic rings. The van der Waals surface area contributed by atoms with Gasteiger partial charge in [-0.2, -0.15) is 0 Å². The van der Waals surface area contributed by atoms with Gasteiger partial charge in [-0.3, -0.25) is 4.79 Å². The SMILES string of the molecule is Cc1cc(C)c2cc(C(=O)Nc3cccc(-c4nnc5n4CCCCC5)c3)[nH]c2c1. The number of fused-ring (bicyclic) bond motifs is 2. The maximum absolute atomic E-state index is 12.9.